The molecule has 2 saturated heterocycles. The predicted octanol–water partition coefficient (Wildman–Crippen LogP) is 3.45. The van der Waals surface area contributed by atoms with Gasteiger partial charge in [0.25, 0.3) is 0 Å². The van der Waals surface area contributed by atoms with E-state index in [9.17, 15) is 0 Å². The molecule has 0 amide bonds. The lowest BCUT2D eigenvalue weighted by molar-refractivity contribution is -0.0721. The van der Waals surface area contributed by atoms with E-state index in [1.54, 1.807) is 0 Å². The fourth-order valence-corrected chi connectivity index (χ4v) is 4.98. The number of fused-ring (bicyclic) bond motifs is 1. The van der Waals surface area contributed by atoms with Crippen molar-refractivity contribution in [2.75, 3.05) is 50.8 Å². The molecule has 6 nitrogen and oxygen atoms in total. The average molecular weight is 429 g/mol. The van der Waals surface area contributed by atoms with E-state index in [1.807, 2.05) is 0 Å². The molecule has 2 unspecified atom stereocenters. The lowest BCUT2D eigenvalue weighted by Gasteiger charge is -2.35. The van der Waals surface area contributed by atoms with E-state index in [0.29, 0.717) is 18.2 Å². The Bertz CT molecular complexity index is 711. The third-order valence-electron chi connectivity index (χ3n) is 6.83. The second-order valence-electron chi connectivity index (χ2n) is 9.12. The van der Waals surface area contributed by atoms with E-state index in [-0.39, 0.29) is 0 Å². The van der Waals surface area contributed by atoms with Gasteiger partial charge in [-0.2, -0.15) is 0 Å². The third kappa shape index (κ3) is 5.92. The number of ether oxygens (including phenoxy) is 2. The Morgan fingerprint density at radius 3 is 2.81 bits per heavy atom. The summed E-state index contributed by atoms with van der Waals surface area (Å²) in [5, 5.41) is 3.51. The van der Waals surface area contributed by atoms with Crippen molar-refractivity contribution in [3.8, 4) is 0 Å². The smallest absolute Gasteiger partial charge is 0.193 e. The minimum atomic E-state index is 0.308. The quantitative estimate of drug-likeness (QED) is 0.532. The highest BCUT2D eigenvalue weighted by Crippen LogP contribution is 2.29. The Morgan fingerprint density at radius 1 is 1.19 bits per heavy atom. The minimum Gasteiger partial charge on any atom is -0.376 e. The molecule has 0 bridgehead atoms. The van der Waals surface area contributed by atoms with Gasteiger partial charge in [0.1, 0.15) is 0 Å². The van der Waals surface area contributed by atoms with Crippen molar-refractivity contribution in [2.45, 2.75) is 70.6 Å². The number of rotatable bonds is 7. The zero-order chi connectivity index (χ0) is 21.5. The van der Waals surface area contributed by atoms with Crippen LogP contribution in [-0.4, -0.2) is 75.0 Å². The standard InChI is InChI=1S/C25H40N4O2/c1-3-26-25(27-18-20(2)29-16-11-21-8-4-5-10-24(21)29)28-14-12-22(13-15-28)31-19-23-9-6-7-17-30-23/h4-5,8,10,20,22-23H,3,6-7,9,11-19H2,1-2H3,(H,26,27). The highest BCUT2D eigenvalue weighted by molar-refractivity contribution is 5.80. The van der Waals surface area contributed by atoms with Crippen LogP contribution in [0.4, 0.5) is 5.69 Å². The summed E-state index contributed by atoms with van der Waals surface area (Å²) in [6.07, 6.45) is 7.55. The van der Waals surface area contributed by atoms with Gasteiger partial charge in [-0.05, 0) is 64.0 Å². The number of hydrogen-bond acceptors (Lipinski definition) is 4. The van der Waals surface area contributed by atoms with Gasteiger partial charge in [0.05, 0.1) is 25.4 Å². The van der Waals surface area contributed by atoms with Crippen LogP contribution in [0.5, 0.6) is 0 Å². The van der Waals surface area contributed by atoms with Gasteiger partial charge in [0, 0.05) is 44.5 Å². The van der Waals surface area contributed by atoms with Crippen LogP contribution in [0, 0.1) is 0 Å². The first-order valence-corrected chi connectivity index (χ1v) is 12.4. The van der Waals surface area contributed by atoms with Crippen LogP contribution < -0.4 is 10.2 Å². The molecule has 2 fully saturated rings. The highest BCUT2D eigenvalue weighted by Gasteiger charge is 2.25. The number of nitrogens with zero attached hydrogens (tertiary/aromatic N) is 3. The number of para-hydroxylation sites is 1. The highest BCUT2D eigenvalue weighted by atomic mass is 16.5. The zero-order valence-electron chi connectivity index (χ0n) is 19.4. The fraction of sp³-hybridized carbons (Fsp3) is 0.720. The molecular formula is C25H40N4O2. The van der Waals surface area contributed by atoms with Crippen molar-refractivity contribution < 1.29 is 9.47 Å². The maximum atomic E-state index is 6.19. The van der Waals surface area contributed by atoms with Gasteiger partial charge in [-0.1, -0.05) is 18.2 Å². The van der Waals surface area contributed by atoms with Gasteiger partial charge in [0.2, 0.25) is 0 Å². The van der Waals surface area contributed by atoms with Gasteiger partial charge in [-0.15, -0.1) is 0 Å². The third-order valence-corrected chi connectivity index (χ3v) is 6.83. The lowest BCUT2D eigenvalue weighted by atomic mass is 10.1. The van der Waals surface area contributed by atoms with Crippen LogP contribution >= 0.6 is 0 Å². The monoisotopic (exact) mass is 428 g/mol. The number of likely N-dealkylation sites (tertiary alicyclic amines) is 1. The average Bonchev–Trinajstić information content (AvgIpc) is 3.26. The first-order valence-electron chi connectivity index (χ1n) is 12.4. The summed E-state index contributed by atoms with van der Waals surface area (Å²) in [7, 11) is 0. The Morgan fingerprint density at radius 2 is 2.03 bits per heavy atom. The first-order chi connectivity index (χ1) is 15.2. The first kappa shape index (κ1) is 22.4. The van der Waals surface area contributed by atoms with Crippen molar-refractivity contribution in [3.05, 3.63) is 29.8 Å². The molecule has 1 N–H and O–H groups in total. The molecule has 2 atom stereocenters. The summed E-state index contributed by atoms with van der Waals surface area (Å²) in [5.41, 5.74) is 2.85. The van der Waals surface area contributed by atoms with Crippen molar-refractivity contribution >= 4 is 11.6 Å². The van der Waals surface area contributed by atoms with E-state index in [2.05, 4.69) is 53.2 Å². The predicted molar refractivity (Wildman–Crippen MR) is 127 cm³/mol. The molecule has 0 saturated carbocycles. The Hall–Kier alpha value is -1.79. The molecule has 3 heterocycles. The van der Waals surface area contributed by atoms with Crippen LogP contribution in [0.1, 0.15) is 51.5 Å². The number of guanidine groups is 1. The Balaban J connectivity index is 1.26. The molecule has 0 radical (unpaired) electrons. The summed E-state index contributed by atoms with van der Waals surface area (Å²) in [4.78, 5) is 9.95. The van der Waals surface area contributed by atoms with Crippen molar-refractivity contribution in [1.82, 2.24) is 10.2 Å². The molecule has 172 valence electrons. The fourth-order valence-electron chi connectivity index (χ4n) is 4.98. The molecule has 6 heteroatoms. The number of hydrogen-bond donors (Lipinski definition) is 1. The molecule has 3 aliphatic rings. The number of aliphatic imine (C=N–C) groups is 1. The number of nitrogens with one attached hydrogen (secondary N) is 1. The second kappa shape index (κ2) is 11.2. The molecule has 0 aromatic heterocycles. The second-order valence-corrected chi connectivity index (χ2v) is 9.12. The largest absolute Gasteiger partial charge is 0.376 e. The summed E-state index contributed by atoms with van der Waals surface area (Å²) in [6, 6.07) is 9.18. The van der Waals surface area contributed by atoms with Gasteiger partial charge >= 0.3 is 0 Å². The van der Waals surface area contributed by atoms with Gasteiger partial charge in [-0.25, -0.2) is 0 Å². The molecule has 0 aliphatic carbocycles. The zero-order valence-corrected chi connectivity index (χ0v) is 19.4. The van der Waals surface area contributed by atoms with Gasteiger partial charge in [-0.3, -0.25) is 4.99 Å². The number of anilines is 1. The van der Waals surface area contributed by atoms with Crippen LogP contribution in [0.2, 0.25) is 0 Å². The van der Waals surface area contributed by atoms with E-state index in [0.717, 1.165) is 77.6 Å². The van der Waals surface area contributed by atoms with Gasteiger partial charge in [0.15, 0.2) is 5.96 Å². The van der Waals surface area contributed by atoms with Crippen LogP contribution in [-0.2, 0) is 15.9 Å². The number of piperidine rings is 1. The van der Waals surface area contributed by atoms with Crippen molar-refractivity contribution in [1.29, 1.82) is 0 Å². The maximum absolute atomic E-state index is 6.19. The topological polar surface area (TPSA) is 49.3 Å². The Kier molecular flexibility index (Phi) is 8.09. The van der Waals surface area contributed by atoms with Crippen LogP contribution in [0.15, 0.2) is 29.3 Å². The molecule has 0 spiro atoms. The summed E-state index contributed by atoms with van der Waals surface area (Å²) in [5.74, 6) is 1.05. The van der Waals surface area contributed by atoms with E-state index >= 15 is 0 Å². The van der Waals surface area contributed by atoms with E-state index in [4.69, 9.17) is 14.5 Å². The molecule has 1 aromatic carbocycles. The molecule has 31 heavy (non-hydrogen) atoms. The molecular weight excluding hydrogens is 388 g/mol. The lowest BCUT2D eigenvalue weighted by Crippen LogP contribution is -2.48. The molecule has 1 aromatic rings. The SMILES string of the molecule is CCNC(=NCC(C)N1CCc2ccccc21)N1CCC(OCC2CCCCO2)CC1. The van der Waals surface area contributed by atoms with Crippen LogP contribution in [0.3, 0.4) is 0 Å². The van der Waals surface area contributed by atoms with Crippen molar-refractivity contribution in [2.24, 2.45) is 4.99 Å². The summed E-state index contributed by atoms with van der Waals surface area (Å²) in [6.45, 7) is 10.9. The summed E-state index contributed by atoms with van der Waals surface area (Å²) >= 11 is 0. The van der Waals surface area contributed by atoms with E-state index < -0.39 is 0 Å². The Labute approximate surface area is 188 Å². The van der Waals surface area contributed by atoms with Gasteiger partial charge < -0.3 is 24.6 Å². The maximum Gasteiger partial charge on any atom is 0.193 e. The molecule has 4 rings (SSSR count). The van der Waals surface area contributed by atoms with Crippen LogP contribution in [0.25, 0.3) is 0 Å². The molecule has 3 aliphatic heterocycles. The van der Waals surface area contributed by atoms with Crippen molar-refractivity contribution in [3.63, 3.8) is 0 Å². The normalized spacial score (nSPS) is 23.7. The minimum absolute atomic E-state index is 0.308. The number of benzene rings is 1. The van der Waals surface area contributed by atoms with E-state index in [1.165, 1.54) is 24.1 Å². The summed E-state index contributed by atoms with van der Waals surface area (Å²) < 4.78 is 12.0.